The van der Waals surface area contributed by atoms with Crippen molar-refractivity contribution < 1.29 is 4.74 Å². The topological polar surface area (TPSA) is 47.3 Å². The number of nitrogens with one attached hydrogen (secondary N) is 1. The first kappa shape index (κ1) is 13.3. The molecule has 0 atom stereocenters. The maximum atomic E-state index is 5.98. The van der Waals surface area contributed by atoms with Crippen LogP contribution in [0.15, 0.2) is 42.5 Å². The lowest BCUT2D eigenvalue weighted by Crippen LogP contribution is -1.97. The molecule has 2 aromatic rings. The Kier molecular flexibility index (Phi) is 3.95. The van der Waals surface area contributed by atoms with Crippen molar-refractivity contribution in [2.45, 2.75) is 19.8 Å². The third-order valence-corrected chi connectivity index (χ3v) is 3.12. The minimum atomic E-state index is 0.542. The molecule has 3 nitrogen and oxygen atoms in total. The SMILES string of the molecule is COc1ccc(Nc2ccc(C(C)C)cc2)c(N)c1. The van der Waals surface area contributed by atoms with Gasteiger partial charge < -0.3 is 15.8 Å². The smallest absolute Gasteiger partial charge is 0.121 e. The quantitative estimate of drug-likeness (QED) is 0.808. The lowest BCUT2D eigenvalue weighted by Gasteiger charge is -2.12. The molecule has 0 aliphatic heterocycles. The van der Waals surface area contributed by atoms with E-state index < -0.39 is 0 Å². The number of benzene rings is 2. The second-order valence-electron chi connectivity index (χ2n) is 4.85. The summed E-state index contributed by atoms with van der Waals surface area (Å²) >= 11 is 0. The van der Waals surface area contributed by atoms with E-state index in [1.165, 1.54) is 5.56 Å². The maximum Gasteiger partial charge on any atom is 0.121 e. The second kappa shape index (κ2) is 5.65. The van der Waals surface area contributed by atoms with Gasteiger partial charge in [-0.1, -0.05) is 26.0 Å². The molecule has 0 spiro atoms. The maximum absolute atomic E-state index is 5.98. The Hall–Kier alpha value is -2.16. The third-order valence-electron chi connectivity index (χ3n) is 3.12. The number of hydrogen-bond acceptors (Lipinski definition) is 3. The van der Waals surface area contributed by atoms with E-state index in [-0.39, 0.29) is 0 Å². The molecule has 0 saturated heterocycles. The van der Waals surface area contributed by atoms with Gasteiger partial charge in [-0.05, 0) is 35.7 Å². The predicted octanol–water partition coefficient (Wildman–Crippen LogP) is 4.14. The summed E-state index contributed by atoms with van der Waals surface area (Å²) in [4.78, 5) is 0. The van der Waals surface area contributed by atoms with Crippen LogP contribution in [0.5, 0.6) is 5.75 Å². The molecule has 100 valence electrons. The monoisotopic (exact) mass is 256 g/mol. The lowest BCUT2D eigenvalue weighted by molar-refractivity contribution is 0.415. The van der Waals surface area contributed by atoms with E-state index in [0.717, 1.165) is 17.1 Å². The Morgan fingerprint density at radius 3 is 2.26 bits per heavy atom. The normalized spacial score (nSPS) is 10.5. The molecule has 0 aliphatic carbocycles. The highest BCUT2D eigenvalue weighted by molar-refractivity contribution is 5.73. The Morgan fingerprint density at radius 1 is 1.05 bits per heavy atom. The molecule has 0 fully saturated rings. The van der Waals surface area contributed by atoms with E-state index in [0.29, 0.717) is 11.6 Å². The summed E-state index contributed by atoms with van der Waals surface area (Å²) < 4.78 is 5.13. The molecule has 3 heteroatoms. The number of hydrogen-bond donors (Lipinski definition) is 2. The zero-order valence-corrected chi connectivity index (χ0v) is 11.6. The fraction of sp³-hybridized carbons (Fsp3) is 0.250. The van der Waals surface area contributed by atoms with Crippen LogP contribution in [0, 0.1) is 0 Å². The molecule has 3 N–H and O–H groups in total. The molecular formula is C16H20N2O. The highest BCUT2D eigenvalue weighted by Gasteiger charge is 2.03. The fourth-order valence-electron chi connectivity index (χ4n) is 1.89. The van der Waals surface area contributed by atoms with Crippen molar-refractivity contribution in [2.75, 3.05) is 18.2 Å². The van der Waals surface area contributed by atoms with Gasteiger partial charge in [0, 0.05) is 11.8 Å². The predicted molar refractivity (Wildman–Crippen MR) is 81.2 cm³/mol. The number of nitrogen functional groups attached to an aromatic ring is 1. The standard InChI is InChI=1S/C16H20N2O/c1-11(2)12-4-6-13(7-5-12)18-16-9-8-14(19-3)10-15(16)17/h4-11,18H,17H2,1-3H3. The van der Waals surface area contributed by atoms with Gasteiger partial charge in [0.15, 0.2) is 0 Å². The Morgan fingerprint density at radius 2 is 1.74 bits per heavy atom. The Labute approximate surface area is 114 Å². The summed E-state index contributed by atoms with van der Waals surface area (Å²) in [6.45, 7) is 4.37. The summed E-state index contributed by atoms with van der Waals surface area (Å²) in [7, 11) is 1.63. The van der Waals surface area contributed by atoms with Crippen LogP contribution in [0.3, 0.4) is 0 Å². The molecule has 2 aromatic carbocycles. The van der Waals surface area contributed by atoms with Crippen LogP contribution in [0.25, 0.3) is 0 Å². The van der Waals surface area contributed by atoms with Gasteiger partial charge in [0.25, 0.3) is 0 Å². The van der Waals surface area contributed by atoms with Crippen molar-refractivity contribution in [3.8, 4) is 5.75 Å². The van der Waals surface area contributed by atoms with Gasteiger partial charge in [-0.15, -0.1) is 0 Å². The van der Waals surface area contributed by atoms with Crippen LogP contribution in [0.4, 0.5) is 17.1 Å². The van der Waals surface area contributed by atoms with Gasteiger partial charge >= 0.3 is 0 Å². The van der Waals surface area contributed by atoms with Crippen molar-refractivity contribution in [2.24, 2.45) is 0 Å². The summed E-state index contributed by atoms with van der Waals surface area (Å²) in [6.07, 6.45) is 0. The van der Waals surface area contributed by atoms with E-state index >= 15 is 0 Å². The van der Waals surface area contributed by atoms with Crippen molar-refractivity contribution >= 4 is 17.1 Å². The highest BCUT2D eigenvalue weighted by atomic mass is 16.5. The van der Waals surface area contributed by atoms with Gasteiger partial charge in [-0.3, -0.25) is 0 Å². The van der Waals surface area contributed by atoms with Crippen LogP contribution >= 0.6 is 0 Å². The first-order chi connectivity index (χ1) is 9.10. The molecule has 0 radical (unpaired) electrons. The van der Waals surface area contributed by atoms with E-state index in [9.17, 15) is 0 Å². The van der Waals surface area contributed by atoms with Gasteiger partial charge in [0.05, 0.1) is 18.5 Å². The summed E-state index contributed by atoms with van der Waals surface area (Å²) in [5, 5.41) is 3.31. The van der Waals surface area contributed by atoms with Gasteiger partial charge in [0.1, 0.15) is 5.75 Å². The third kappa shape index (κ3) is 3.19. The van der Waals surface area contributed by atoms with Crippen LogP contribution < -0.4 is 15.8 Å². The molecule has 0 saturated carbocycles. The average molecular weight is 256 g/mol. The van der Waals surface area contributed by atoms with Gasteiger partial charge in [0.2, 0.25) is 0 Å². The molecule has 0 bridgehead atoms. The summed E-state index contributed by atoms with van der Waals surface area (Å²) in [5.74, 6) is 1.30. The van der Waals surface area contributed by atoms with E-state index in [2.05, 4.69) is 43.4 Å². The van der Waals surface area contributed by atoms with Crippen molar-refractivity contribution in [1.29, 1.82) is 0 Å². The largest absolute Gasteiger partial charge is 0.497 e. The van der Waals surface area contributed by atoms with E-state index in [1.54, 1.807) is 7.11 Å². The molecule has 2 rings (SSSR count). The molecule has 0 aromatic heterocycles. The molecule has 0 heterocycles. The first-order valence-electron chi connectivity index (χ1n) is 6.40. The minimum Gasteiger partial charge on any atom is -0.497 e. The van der Waals surface area contributed by atoms with E-state index in [4.69, 9.17) is 10.5 Å². The van der Waals surface area contributed by atoms with Crippen LogP contribution in [-0.4, -0.2) is 7.11 Å². The average Bonchev–Trinajstić information content (AvgIpc) is 2.41. The van der Waals surface area contributed by atoms with Crippen molar-refractivity contribution in [1.82, 2.24) is 0 Å². The number of ether oxygens (including phenoxy) is 1. The zero-order valence-electron chi connectivity index (χ0n) is 11.6. The van der Waals surface area contributed by atoms with E-state index in [1.807, 2.05) is 18.2 Å². The lowest BCUT2D eigenvalue weighted by atomic mass is 10.0. The van der Waals surface area contributed by atoms with Crippen LogP contribution in [-0.2, 0) is 0 Å². The minimum absolute atomic E-state index is 0.542. The van der Waals surface area contributed by atoms with Gasteiger partial charge in [-0.2, -0.15) is 0 Å². The Bertz CT molecular complexity index is 547. The number of nitrogens with two attached hydrogens (primary N) is 1. The number of rotatable bonds is 4. The number of anilines is 3. The van der Waals surface area contributed by atoms with Crippen LogP contribution in [0.1, 0.15) is 25.3 Å². The van der Waals surface area contributed by atoms with Crippen molar-refractivity contribution in [3.63, 3.8) is 0 Å². The Balaban J connectivity index is 2.16. The number of methoxy groups -OCH3 is 1. The van der Waals surface area contributed by atoms with Crippen LogP contribution in [0.2, 0.25) is 0 Å². The second-order valence-corrected chi connectivity index (χ2v) is 4.85. The first-order valence-corrected chi connectivity index (χ1v) is 6.40. The highest BCUT2D eigenvalue weighted by Crippen LogP contribution is 2.27. The fourth-order valence-corrected chi connectivity index (χ4v) is 1.89. The molecule has 0 amide bonds. The van der Waals surface area contributed by atoms with Gasteiger partial charge in [-0.25, -0.2) is 0 Å². The zero-order chi connectivity index (χ0) is 13.8. The summed E-state index contributed by atoms with van der Waals surface area (Å²) in [5.41, 5.74) is 9.90. The van der Waals surface area contributed by atoms with Crippen molar-refractivity contribution in [3.05, 3.63) is 48.0 Å². The molecule has 0 unspecified atom stereocenters. The molecule has 19 heavy (non-hydrogen) atoms. The summed E-state index contributed by atoms with van der Waals surface area (Å²) in [6, 6.07) is 14.0. The molecule has 0 aliphatic rings. The molecular weight excluding hydrogens is 236 g/mol.